The summed E-state index contributed by atoms with van der Waals surface area (Å²) in [6.07, 6.45) is 0.378. The predicted molar refractivity (Wildman–Crippen MR) is 141 cm³/mol. The monoisotopic (exact) mass is 512 g/mol. The van der Waals surface area contributed by atoms with E-state index in [4.69, 9.17) is 11.6 Å². The van der Waals surface area contributed by atoms with Crippen LogP contribution >= 0.6 is 23.4 Å². The first-order valence-corrected chi connectivity index (χ1v) is 12.9. The van der Waals surface area contributed by atoms with Crippen LogP contribution in [0, 0.1) is 11.7 Å². The Labute approximate surface area is 215 Å². The van der Waals surface area contributed by atoms with Gasteiger partial charge in [0.2, 0.25) is 11.8 Å². The first-order chi connectivity index (χ1) is 16.8. The number of carbonyl (C=O) groups excluding carboxylic acids is 2. The third-order valence-corrected chi connectivity index (χ3v) is 6.65. The van der Waals surface area contributed by atoms with Crippen molar-refractivity contribution in [1.82, 2.24) is 10.2 Å². The van der Waals surface area contributed by atoms with Crippen molar-refractivity contribution in [2.45, 2.75) is 37.8 Å². The van der Waals surface area contributed by atoms with E-state index in [1.165, 1.54) is 23.9 Å². The smallest absolute Gasteiger partial charge is 0.243 e. The molecule has 1 atom stereocenters. The summed E-state index contributed by atoms with van der Waals surface area (Å²) in [4.78, 5) is 29.4. The van der Waals surface area contributed by atoms with Crippen LogP contribution in [-0.4, -0.2) is 35.1 Å². The Balaban J connectivity index is 1.88. The van der Waals surface area contributed by atoms with Gasteiger partial charge in [-0.05, 0) is 53.4 Å². The lowest BCUT2D eigenvalue weighted by atomic mass is 10.0. The Morgan fingerprint density at radius 2 is 1.60 bits per heavy atom. The molecule has 0 aliphatic carbocycles. The molecule has 0 fully saturated rings. The quantitative estimate of drug-likeness (QED) is 0.321. The molecule has 3 aromatic rings. The van der Waals surface area contributed by atoms with Gasteiger partial charge >= 0.3 is 0 Å². The maximum absolute atomic E-state index is 13.6. The van der Waals surface area contributed by atoms with Crippen LogP contribution in [0.2, 0.25) is 5.02 Å². The second-order valence-corrected chi connectivity index (χ2v) is 10.2. The summed E-state index contributed by atoms with van der Waals surface area (Å²) in [6.45, 7) is 4.77. The van der Waals surface area contributed by atoms with Gasteiger partial charge in [0, 0.05) is 29.4 Å². The molecule has 0 aliphatic heterocycles. The molecule has 4 nitrogen and oxygen atoms in total. The molecule has 0 unspecified atom stereocenters. The lowest BCUT2D eigenvalue weighted by molar-refractivity contribution is -0.139. The Bertz CT molecular complexity index is 1090. The number of halogens is 2. The molecule has 0 spiro atoms. The molecule has 0 saturated carbocycles. The van der Waals surface area contributed by atoms with E-state index >= 15 is 0 Å². The van der Waals surface area contributed by atoms with Crippen molar-refractivity contribution in [2.75, 3.05) is 12.3 Å². The molecule has 0 aromatic heterocycles. The lowest BCUT2D eigenvalue weighted by Gasteiger charge is -2.31. The predicted octanol–water partition coefficient (Wildman–Crippen LogP) is 5.98. The average Bonchev–Trinajstić information content (AvgIpc) is 2.86. The number of thioether (sulfide) groups is 1. The van der Waals surface area contributed by atoms with Gasteiger partial charge in [-0.25, -0.2) is 4.39 Å². The Morgan fingerprint density at radius 1 is 0.943 bits per heavy atom. The zero-order valence-corrected chi connectivity index (χ0v) is 21.5. The summed E-state index contributed by atoms with van der Waals surface area (Å²) in [5.74, 6) is -0.283. The molecule has 0 saturated heterocycles. The third kappa shape index (κ3) is 8.71. The molecule has 0 heterocycles. The van der Waals surface area contributed by atoms with Gasteiger partial charge in [0.1, 0.15) is 11.9 Å². The number of hydrogen-bond acceptors (Lipinski definition) is 3. The third-order valence-electron chi connectivity index (χ3n) is 5.40. The fraction of sp³-hybridized carbons (Fsp3) is 0.286. The Morgan fingerprint density at radius 3 is 2.23 bits per heavy atom. The van der Waals surface area contributed by atoms with Crippen LogP contribution in [0.3, 0.4) is 0 Å². The van der Waals surface area contributed by atoms with Crippen molar-refractivity contribution >= 4 is 35.2 Å². The average molecular weight is 513 g/mol. The largest absolute Gasteiger partial charge is 0.354 e. The van der Waals surface area contributed by atoms with E-state index in [2.05, 4.69) is 5.32 Å². The molecule has 0 bridgehead atoms. The fourth-order valence-corrected chi connectivity index (χ4v) is 4.43. The van der Waals surface area contributed by atoms with E-state index in [1.54, 1.807) is 29.2 Å². The number of hydrogen-bond donors (Lipinski definition) is 1. The van der Waals surface area contributed by atoms with Crippen LogP contribution in [-0.2, 0) is 22.6 Å². The summed E-state index contributed by atoms with van der Waals surface area (Å²) in [6, 6.07) is 22.3. The zero-order valence-electron chi connectivity index (χ0n) is 19.9. The first-order valence-electron chi connectivity index (χ1n) is 11.6. The number of benzene rings is 3. The fourth-order valence-electron chi connectivity index (χ4n) is 3.52. The van der Waals surface area contributed by atoms with Crippen LogP contribution in [0.25, 0.3) is 0 Å². The maximum Gasteiger partial charge on any atom is 0.243 e. The molecule has 184 valence electrons. The van der Waals surface area contributed by atoms with Gasteiger partial charge < -0.3 is 10.2 Å². The van der Waals surface area contributed by atoms with Crippen LogP contribution in [0.15, 0.2) is 83.8 Å². The first kappa shape index (κ1) is 26.8. The van der Waals surface area contributed by atoms with Gasteiger partial charge in [0.05, 0.1) is 5.75 Å². The van der Waals surface area contributed by atoms with Crippen LogP contribution in [0.5, 0.6) is 0 Å². The topological polar surface area (TPSA) is 49.4 Å². The van der Waals surface area contributed by atoms with E-state index in [0.717, 1.165) is 16.0 Å². The molecule has 3 rings (SSSR count). The minimum absolute atomic E-state index is 0.158. The van der Waals surface area contributed by atoms with Gasteiger partial charge in [-0.3, -0.25) is 9.59 Å². The number of carbonyl (C=O) groups is 2. The SMILES string of the molecule is CC(C)CNC(=O)[C@@H](Cc1ccccc1)N(Cc1ccc(F)cc1)C(=O)CSc1ccc(Cl)cc1. The van der Waals surface area contributed by atoms with Crippen LogP contribution in [0.4, 0.5) is 4.39 Å². The Hall–Kier alpha value is -2.83. The second kappa shape index (κ2) is 13.3. The van der Waals surface area contributed by atoms with Gasteiger partial charge in [-0.15, -0.1) is 11.8 Å². The van der Waals surface area contributed by atoms with Gasteiger partial charge in [0.15, 0.2) is 0 Å². The highest BCUT2D eigenvalue weighted by Crippen LogP contribution is 2.23. The van der Waals surface area contributed by atoms with Crippen LogP contribution in [0.1, 0.15) is 25.0 Å². The highest BCUT2D eigenvalue weighted by molar-refractivity contribution is 8.00. The van der Waals surface area contributed by atoms with Gasteiger partial charge in [0.25, 0.3) is 0 Å². The Kier molecular flexibility index (Phi) is 10.2. The lowest BCUT2D eigenvalue weighted by Crippen LogP contribution is -2.51. The molecule has 3 aromatic carbocycles. The van der Waals surface area contributed by atoms with E-state index < -0.39 is 6.04 Å². The number of nitrogens with one attached hydrogen (secondary N) is 1. The summed E-state index contributed by atoms with van der Waals surface area (Å²) < 4.78 is 13.5. The summed E-state index contributed by atoms with van der Waals surface area (Å²) in [5.41, 5.74) is 1.71. The molecule has 0 aliphatic rings. The second-order valence-electron chi connectivity index (χ2n) is 8.74. The van der Waals surface area contributed by atoms with Crippen molar-refractivity contribution in [3.05, 3.63) is 101 Å². The molecule has 1 N–H and O–H groups in total. The summed E-state index contributed by atoms with van der Waals surface area (Å²) in [5, 5.41) is 3.63. The maximum atomic E-state index is 13.6. The van der Waals surface area contributed by atoms with Gasteiger partial charge in [-0.2, -0.15) is 0 Å². The van der Waals surface area contributed by atoms with Crippen molar-refractivity contribution < 1.29 is 14.0 Å². The van der Waals surface area contributed by atoms with Crippen LogP contribution < -0.4 is 5.32 Å². The minimum Gasteiger partial charge on any atom is -0.354 e. The zero-order chi connectivity index (χ0) is 25.2. The molecular formula is C28H30ClFN2O2S. The molecule has 35 heavy (non-hydrogen) atoms. The summed E-state index contributed by atoms with van der Waals surface area (Å²) in [7, 11) is 0. The van der Waals surface area contributed by atoms with E-state index in [0.29, 0.717) is 18.0 Å². The van der Waals surface area contributed by atoms with E-state index in [9.17, 15) is 14.0 Å². The minimum atomic E-state index is -0.709. The van der Waals surface area contributed by atoms with Crippen molar-refractivity contribution in [3.63, 3.8) is 0 Å². The highest BCUT2D eigenvalue weighted by atomic mass is 35.5. The van der Waals surface area contributed by atoms with E-state index in [-0.39, 0.29) is 35.8 Å². The molecule has 0 radical (unpaired) electrons. The van der Waals surface area contributed by atoms with E-state index in [1.807, 2.05) is 56.3 Å². The highest BCUT2D eigenvalue weighted by Gasteiger charge is 2.30. The number of amides is 2. The molecule has 2 amide bonds. The van der Waals surface area contributed by atoms with Crippen molar-refractivity contribution in [3.8, 4) is 0 Å². The number of rotatable bonds is 11. The molecular weight excluding hydrogens is 483 g/mol. The summed E-state index contributed by atoms with van der Waals surface area (Å²) >= 11 is 7.37. The van der Waals surface area contributed by atoms with Crippen molar-refractivity contribution in [1.29, 1.82) is 0 Å². The normalized spacial score (nSPS) is 11.8. The standard InChI is InChI=1S/C28H30ClFN2O2S/c1-20(2)17-31-28(34)26(16-21-6-4-3-5-7-21)32(18-22-8-12-24(30)13-9-22)27(33)19-35-25-14-10-23(29)11-15-25/h3-15,20,26H,16-19H2,1-2H3,(H,31,34)/t26-/m1/s1. The number of nitrogens with zero attached hydrogens (tertiary/aromatic N) is 1. The van der Waals surface area contributed by atoms with Crippen molar-refractivity contribution in [2.24, 2.45) is 5.92 Å². The molecule has 7 heteroatoms. The van der Waals surface area contributed by atoms with Gasteiger partial charge in [-0.1, -0.05) is 67.9 Å².